The fourth-order valence-electron chi connectivity index (χ4n) is 2.58. The van der Waals surface area contributed by atoms with Crippen molar-refractivity contribution in [2.24, 2.45) is 23.7 Å². The van der Waals surface area contributed by atoms with Crippen LogP contribution in [-0.2, 0) is 19.1 Å². The molecule has 0 spiro atoms. The minimum Gasteiger partial charge on any atom is -0.462 e. The van der Waals surface area contributed by atoms with E-state index in [1.807, 2.05) is 41.5 Å². The Balaban J connectivity index is 3.01. The molecule has 0 N–H and O–H groups in total. The lowest BCUT2D eigenvalue weighted by Crippen LogP contribution is -2.29. The summed E-state index contributed by atoms with van der Waals surface area (Å²) in [6.07, 6.45) is 1.79. The lowest BCUT2D eigenvalue weighted by atomic mass is 9.78. The molecule has 0 aromatic heterocycles. The normalized spacial score (nSPS) is 22.2. The van der Waals surface area contributed by atoms with E-state index in [1.54, 1.807) is 0 Å². The number of rotatable bonds is 6. The maximum absolute atomic E-state index is 12.4. The molecule has 0 aromatic rings. The second-order valence-corrected chi connectivity index (χ2v) is 7.19. The first-order chi connectivity index (χ1) is 10.2. The van der Waals surface area contributed by atoms with Gasteiger partial charge in [-0.1, -0.05) is 41.5 Å². The molecule has 0 heterocycles. The Labute approximate surface area is 134 Å². The highest BCUT2D eigenvalue weighted by molar-refractivity contribution is 6.01. The van der Waals surface area contributed by atoms with E-state index in [9.17, 15) is 9.59 Å². The monoisotopic (exact) mass is 310 g/mol. The third kappa shape index (κ3) is 5.15. The van der Waals surface area contributed by atoms with Gasteiger partial charge in [0.2, 0.25) is 0 Å². The van der Waals surface area contributed by atoms with Crippen molar-refractivity contribution in [2.75, 3.05) is 13.2 Å². The Kier molecular flexibility index (Phi) is 7.11. The molecule has 2 unspecified atom stereocenters. The van der Waals surface area contributed by atoms with Gasteiger partial charge in [0.05, 0.1) is 24.4 Å². The van der Waals surface area contributed by atoms with Crippen LogP contribution in [0.5, 0.6) is 0 Å². The number of hydrogen-bond acceptors (Lipinski definition) is 4. The van der Waals surface area contributed by atoms with E-state index in [0.717, 1.165) is 12.8 Å². The van der Waals surface area contributed by atoms with Crippen molar-refractivity contribution in [3.8, 4) is 0 Å². The van der Waals surface area contributed by atoms with Crippen LogP contribution >= 0.6 is 0 Å². The summed E-state index contributed by atoms with van der Waals surface area (Å²) < 4.78 is 10.7. The summed E-state index contributed by atoms with van der Waals surface area (Å²) in [6.45, 7) is 12.7. The molecular formula is C18H30O4. The molecule has 126 valence electrons. The fraction of sp³-hybridized carbons (Fsp3) is 0.778. The molecule has 0 saturated heterocycles. The van der Waals surface area contributed by atoms with Crippen LogP contribution in [0.2, 0.25) is 0 Å². The van der Waals surface area contributed by atoms with E-state index in [4.69, 9.17) is 9.47 Å². The van der Waals surface area contributed by atoms with E-state index >= 15 is 0 Å². The smallest absolute Gasteiger partial charge is 0.334 e. The van der Waals surface area contributed by atoms with Gasteiger partial charge in [0.15, 0.2) is 0 Å². The van der Waals surface area contributed by atoms with Crippen LogP contribution in [0.15, 0.2) is 11.1 Å². The molecular weight excluding hydrogens is 280 g/mol. The van der Waals surface area contributed by atoms with E-state index in [2.05, 4.69) is 0 Å². The van der Waals surface area contributed by atoms with Crippen molar-refractivity contribution in [1.82, 2.24) is 0 Å². The van der Waals surface area contributed by atoms with Crippen LogP contribution in [-0.4, -0.2) is 25.2 Å². The summed E-state index contributed by atoms with van der Waals surface area (Å²) in [5.74, 6) is -0.0853. The lowest BCUT2D eigenvalue weighted by molar-refractivity contribution is -0.144. The molecule has 22 heavy (non-hydrogen) atoms. The van der Waals surface area contributed by atoms with Crippen molar-refractivity contribution >= 4 is 11.9 Å². The number of hydrogen-bond donors (Lipinski definition) is 0. The van der Waals surface area contributed by atoms with E-state index in [0.29, 0.717) is 24.4 Å². The first-order valence-electron chi connectivity index (χ1n) is 8.32. The standard InChI is InChI=1S/C18H30O4/c1-11(2)9-21-17(19)15-13(5)7-8-14(6)16(15)18(20)22-10-12(3)4/h11-14H,7-10H2,1-6H3. The fourth-order valence-corrected chi connectivity index (χ4v) is 2.58. The molecule has 1 aliphatic carbocycles. The van der Waals surface area contributed by atoms with Crippen molar-refractivity contribution in [3.63, 3.8) is 0 Å². The highest BCUT2D eigenvalue weighted by Gasteiger charge is 2.34. The third-order valence-electron chi connectivity index (χ3n) is 3.84. The average Bonchev–Trinajstić information content (AvgIpc) is 2.44. The van der Waals surface area contributed by atoms with Crippen LogP contribution in [0, 0.1) is 23.7 Å². The summed E-state index contributed by atoms with van der Waals surface area (Å²) in [5, 5.41) is 0. The van der Waals surface area contributed by atoms with Crippen LogP contribution in [0.4, 0.5) is 0 Å². The van der Waals surface area contributed by atoms with Gasteiger partial charge in [-0.05, 0) is 36.5 Å². The second-order valence-electron chi connectivity index (χ2n) is 7.19. The maximum Gasteiger partial charge on any atom is 0.334 e. The zero-order chi connectivity index (χ0) is 16.9. The van der Waals surface area contributed by atoms with Crippen LogP contribution in [0.25, 0.3) is 0 Å². The van der Waals surface area contributed by atoms with Gasteiger partial charge < -0.3 is 9.47 Å². The molecule has 0 bridgehead atoms. The highest BCUT2D eigenvalue weighted by Crippen LogP contribution is 2.35. The van der Waals surface area contributed by atoms with Gasteiger partial charge in [-0.3, -0.25) is 0 Å². The second kappa shape index (κ2) is 8.35. The zero-order valence-corrected chi connectivity index (χ0v) is 14.8. The van der Waals surface area contributed by atoms with E-state index in [1.165, 1.54) is 0 Å². The van der Waals surface area contributed by atoms with Gasteiger partial charge in [-0.15, -0.1) is 0 Å². The largest absolute Gasteiger partial charge is 0.462 e. The van der Waals surface area contributed by atoms with E-state index in [-0.39, 0.29) is 35.6 Å². The predicted molar refractivity (Wildman–Crippen MR) is 86.2 cm³/mol. The molecule has 1 aliphatic rings. The molecule has 4 heteroatoms. The van der Waals surface area contributed by atoms with Gasteiger partial charge >= 0.3 is 11.9 Å². The highest BCUT2D eigenvalue weighted by atomic mass is 16.5. The molecule has 0 aliphatic heterocycles. The lowest BCUT2D eigenvalue weighted by Gasteiger charge is -2.28. The van der Waals surface area contributed by atoms with Crippen molar-refractivity contribution in [3.05, 3.63) is 11.1 Å². The van der Waals surface area contributed by atoms with Gasteiger partial charge in [0, 0.05) is 0 Å². The predicted octanol–water partition coefficient (Wildman–Crippen LogP) is 3.75. The summed E-state index contributed by atoms with van der Waals surface area (Å²) in [7, 11) is 0. The Bertz CT molecular complexity index is 394. The van der Waals surface area contributed by atoms with Gasteiger partial charge in [0.1, 0.15) is 0 Å². The number of carbonyl (C=O) groups is 2. The number of carbonyl (C=O) groups excluding carboxylic acids is 2. The maximum atomic E-state index is 12.4. The molecule has 2 atom stereocenters. The van der Waals surface area contributed by atoms with E-state index < -0.39 is 0 Å². The zero-order valence-electron chi connectivity index (χ0n) is 14.8. The first-order valence-corrected chi connectivity index (χ1v) is 8.32. The summed E-state index contributed by atoms with van der Waals surface area (Å²) in [5.41, 5.74) is 1.04. The molecule has 4 nitrogen and oxygen atoms in total. The Morgan fingerprint density at radius 3 is 1.45 bits per heavy atom. The van der Waals surface area contributed by atoms with Crippen LogP contribution < -0.4 is 0 Å². The summed E-state index contributed by atoms with van der Waals surface area (Å²) >= 11 is 0. The van der Waals surface area contributed by atoms with Crippen LogP contribution in [0.3, 0.4) is 0 Å². The Morgan fingerprint density at radius 2 is 1.18 bits per heavy atom. The van der Waals surface area contributed by atoms with Crippen molar-refractivity contribution in [2.45, 2.75) is 54.4 Å². The van der Waals surface area contributed by atoms with Crippen molar-refractivity contribution < 1.29 is 19.1 Å². The number of esters is 2. The molecule has 0 radical (unpaired) electrons. The average molecular weight is 310 g/mol. The summed E-state index contributed by atoms with van der Waals surface area (Å²) in [4.78, 5) is 24.8. The number of ether oxygens (including phenoxy) is 2. The first kappa shape index (κ1) is 18.7. The molecule has 0 amide bonds. The topological polar surface area (TPSA) is 52.6 Å². The van der Waals surface area contributed by atoms with Gasteiger partial charge in [0.25, 0.3) is 0 Å². The third-order valence-corrected chi connectivity index (χ3v) is 3.84. The minimum atomic E-state index is -0.357. The molecule has 0 saturated carbocycles. The summed E-state index contributed by atoms with van der Waals surface area (Å²) in [6, 6.07) is 0. The van der Waals surface area contributed by atoms with Gasteiger partial charge in [-0.2, -0.15) is 0 Å². The minimum absolute atomic E-state index is 0.0393. The Morgan fingerprint density at radius 1 is 0.864 bits per heavy atom. The SMILES string of the molecule is CC(C)COC(=O)C1=C(C(=O)OCC(C)C)C(C)CCC1C. The molecule has 0 fully saturated rings. The Hall–Kier alpha value is -1.32. The van der Waals surface area contributed by atoms with Gasteiger partial charge in [-0.25, -0.2) is 9.59 Å². The molecule has 1 rings (SSSR count). The van der Waals surface area contributed by atoms with Crippen LogP contribution in [0.1, 0.15) is 54.4 Å². The quantitative estimate of drug-likeness (QED) is 0.701. The molecule has 0 aromatic carbocycles. The van der Waals surface area contributed by atoms with Crippen molar-refractivity contribution in [1.29, 1.82) is 0 Å².